The topological polar surface area (TPSA) is 0 Å². The zero-order chi connectivity index (χ0) is 10.9. The second-order valence-electron chi connectivity index (χ2n) is 3.84. The van der Waals surface area contributed by atoms with Crippen molar-refractivity contribution in [2.24, 2.45) is 0 Å². The van der Waals surface area contributed by atoms with Crippen molar-refractivity contribution in [3.05, 3.63) is 0 Å². The minimum atomic E-state index is -5.24. The van der Waals surface area contributed by atoms with Crippen LogP contribution in [0.5, 0.6) is 0 Å². The van der Waals surface area contributed by atoms with Crippen LogP contribution in [0.1, 0.15) is 58.3 Å². The molecule has 0 bridgehead atoms. The third-order valence-electron chi connectivity index (χ3n) is 2.31. The van der Waals surface area contributed by atoms with E-state index in [0.29, 0.717) is 6.42 Å². The fraction of sp³-hybridized carbons (Fsp3) is 1.00. The van der Waals surface area contributed by atoms with Gasteiger partial charge in [-0.2, -0.15) is 0 Å². The molecule has 0 heterocycles. The zero-order valence-corrected chi connectivity index (χ0v) is 10.00. The molecule has 0 aliphatic heterocycles. The Kier molecular flexibility index (Phi) is 8.33. The van der Waals surface area contributed by atoms with E-state index in [1.165, 1.54) is 25.7 Å². The average Bonchev–Trinajstić information content (AvgIpc) is 2.08. The molecule has 0 aliphatic rings. The number of hydrogen-bond donors (Lipinski definition) is 0. The average molecular weight is 226 g/mol. The van der Waals surface area contributed by atoms with Gasteiger partial charge in [-0.3, -0.25) is 0 Å². The first-order valence-electron chi connectivity index (χ1n) is 5.63. The van der Waals surface area contributed by atoms with Crippen LogP contribution in [0, 0.1) is 0 Å². The quantitative estimate of drug-likeness (QED) is 0.296. The summed E-state index contributed by atoms with van der Waals surface area (Å²) in [5, 5.41) is 0. The van der Waals surface area contributed by atoms with Gasteiger partial charge < -0.3 is 0 Å². The van der Waals surface area contributed by atoms with E-state index in [1.54, 1.807) is 0 Å². The molecule has 0 atom stereocenters. The predicted molar refractivity (Wildman–Crippen MR) is 56.5 cm³/mol. The molecule has 0 radical (unpaired) electrons. The van der Waals surface area contributed by atoms with Gasteiger partial charge in [0.25, 0.3) is 0 Å². The van der Waals surface area contributed by atoms with Crippen molar-refractivity contribution in [2.75, 3.05) is 0 Å². The molecule has 4 heteroatoms. The van der Waals surface area contributed by atoms with Crippen LogP contribution < -0.4 is 0 Å². The summed E-state index contributed by atoms with van der Waals surface area (Å²) in [6.07, 6.45) is 8.13. The van der Waals surface area contributed by atoms with Crippen LogP contribution in [0.25, 0.3) is 0 Å². The van der Waals surface area contributed by atoms with E-state index >= 15 is 0 Å². The zero-order valence-electron chi connectivity index (χ0n) is 9.00. The molecule has 0 rings (SSSR count). The van der Waals surface area contributed by atoms with Crippen LogP contribution in [-0.2, 0) is 0 Å². The fourth-order valence-corrected chi connectivity index (χ4v) is 2.11. The summed E-state index contributed by atoms with van der Waals surface area (Å²) >= 11 is 0. The highest BCUT2D eigenvalue weighted by Gasteiger charge is 2.35. The Balaban J connectivity index is 2.99. The van der Waals surface area contributed by atoms with Crippen LogP contribution in [0.2, 0.25) is 6.04 Å². The molecule has 0 unspecified atom stereocenters. The molecule has 86 valence electrons. The molecule has 0 spiro atoms. The Morgan fingerprint density at radius 1 is 0.714 bits per heavy atom. The first-order chi connectivity index (χ1) is 6.56. The van der Waals surface area contributed by atoms with Gasteiger partial charge in [0.1, 0.15) is 0 Å². The monoisotopic (exact) mass is 226 g/mol. The molecule has 0 aliphatic carbocycles. The van der Waals surface area contributed by atoms with Crippen molar-refractivity contribution < 1.29 is 12.3 Å². The lowest BCUT2D eigenvalue weighted by Crippen LogP contribution is -2.13. The molecular formula is C10H21F3Si. The van der Waals surface area contributed by atoms with Crippen molar-refractivity contribution in [3.8, 4) is 0 Å². The van der Waals surface area contributed by atoms with Gasteiger partial charge in [-0.15, -0.1) is 0 Å². The van der Waals surface area contributed by atoms with Crippen LogP contribution in [-0.4, -0.2) is 9.08 Å². The predicted octanol–water partition coefficient (Wildman–Crippen LogP) is 4.97. The third-order valence-corrected chi connectivity index (χ3v) is 3.23. The van der Waals surface area contributed by atoms with Gasteiger partial charge >= 0.3 is 9.08 Å². The minimum Gasteiger partial charge on any atom is -0.238 e. The molecule has 0 saturated carbocycles. The first-order valence-corrected chi connectivity index (χ1v) is 7.47. The maximum atomic E-state index is 11.9. The lowest BCUT2D eigenvalue weighted by molar-refractivity contribution is 0.458. The normalized spacial score (nSPS) is 12.0. The highest BCUT2D eigenvalue weighted by atomic mass is 28.5. The Morgan fingerprint density at radius 3 is 1.57 bits per heavy atom. The Morgan fingerprint density at radius 2 is 1.14 bits per heavy atom. The SMILES string of the molecule is CCCCCCCCCC[Si](F)(F)F. The fourth-order valence-electron chi connectivity index (χ4n) is 1.46. The van der Waals surface area contributed by atoms with Gasteiger partial charge in [0.15, 0.2) is 0 Å². The highest BCUT2D eigenvalue weighted by Crippen LogP contribution is 2.19. The highest BCUT2D eigenvalue weighted by molar-refractivity contribution is 6.58. The maximum Gasteiger partial charge on any atom is 0.616 e. The molecule has 0 aromatic rings. The standard InChI is InChI=1S/C10H21F3Si/c1-2-3-4-5-6-7-8-9-10-14(11,12)13/h2-10H2,1H3. The van der Waals surface area contributed by atoms with Gasteiger partial charge in [-0.05, 0) is 6.42 Å². The summed E-state index contributed by atoms with van der Waals surface area (Å²) in [5.74, 6) is 0. The van der Waals surface area contributed by atoms with Crippen LogP contribution in [0.4, 0.5) is 12.3 Å². The lowest BCUT2D eigenvalue weighted by Gasteiger charge is -2.02. The Labute approximate surface area is 86.4 Å². The smallest absolute Gasteiger partial charge is 0.238 e. The van der Waals surface area contributed by atoms with Crippen LogP contribution >= 0.6 is 0 Å². The van der Waals surface area contributed by atoms with Gasteiger partial charge in [0.2, 0.25) is 0 Å². The second-order valence-corrected chi connectivity index (χ2v) is 5.57. The van der Waals surface area contributed by atoms with E-state index in [0.717, 1.165) is 19.3 Å². The number of hydrogen-bond acceptors (Lipinski definition) is 0. The van der Waals surface area contributed by atoms with E-state index in [9.17, 15) is 12.3 Å². The van der Waals surface area contributed by atoms with Gasteiger partial charge in [-0.1, -0.05) is 51.9 Å². The van der Waals surface area contributed by atoms with Crippen molar-refractivity contribution in [1.29, 1.82) is 0 Å². The van der Waals surface area contributed by atoms with E-state index in [1.807, 2.05) is 0 Å². The summed E-state index contributed by atoms with van der Waals surface area (Å²) in [7, 11) is -5.24. The van der Waals surface area contributed by atoms with Crippen molar-refractivity contribution >= 4 is 9.08 Å². The largest absolute Gasteiger partial charge is 0.616 e. The van der Waals surface area contributed by atoms with E-state index in [4.69, 9.17) is 0 Å². The van der Waals surface area contributed by atoms with Crippen molar-refractivity contribution in [2.45, 2.75) is 64.3 Å². The Hall–Kier alpha value is 0.00688. The van der Waals surface area contributed by atoms with Crippen LogP contribution in [0.3, 0.4) is 0 Å². The molecule has 0 nitrogen and oxygen atoms in total. The number of halogens is 3. The van der Waals surface area contributed by atoms with E-state index in [-0.39, 0.29) is 0 Å². The summed E-state index contributed by atoms with van der Waals surface area (Å²) in [6.45, 7) is 2.16. The number of unbranched alkanes of at least 4 members (excludes halogenated alkanes) is 7. The maximum absolute atomic E-state index is 11.9. The molecule has 0 N–H and O–H groups in total. The summed E-state index contributed by atoms with van der Waals surface area (Å²) < 4.78 is 35.6. The molecule has 14 heavy (non-hydrogen) atoms. The second kappa shape index (κ2) is 8.33. The minimum absolute atomic E-state index is 0.365. The number of rotatable bonds is 9. The summed E-state index contributed by atoms with van der Waals surface area (Å²) in [6, 6.07) is -0.470. The van der Waals surface area contributed by atoms with E-state index < -0.39 is 15.1 Å². The first kappa shape index (κ1) is 14.0. The molecule has 0 amide bonds. The van der Waals surface area contributed by atoms with Crippen molar-refractivity contribution in [3.63, 3.8) is 0 Å². The van der Waals surface area contributed by atoms with Gasteiger partial charge in [-0.25, -0.2) is 12.3 Å². The van der Waals surface area contributed by atoms with E-state index in [2.05, 4.69) is 6.92 Å². The molecule has 0 aromatic heterocycles. The van der Waals surface area contributed by atoms with Gasteiger partial charge in [0.05, 0.1) is 0 Å². The third kappa shape index (κ3) is 12.0. The van der Waals surface area contributed by atoms with Crippen LogP contribution in [0.15, 0.2) is 0 Å². The molecule has 0 fully saturated rings. The molecular weight excluding hydrogens is 205 g/mol. The molecule has 0 saturated heterocycles. The Bertz CT molecular complexity index is 123. The van der Waals surface area contributed by atoms with Crippen molar-refractivity contribution in [1.82, 2.24) is 0 Å². The van der Waals surface area contributed by atoms with Gasteiger partial charge in [0, 0.05) is 6.04 Å². The summed E-state index contributed by atoms with van der Waals surface area (Å²) in [4.78, 5) is 0. The summed E-state index contributed by atoms with van der Waals surface area (Å²) in [5.41, 5.74) is 0. The molecule has 0 aromatic carbocycles. The lowest BCUT2D eigenvalue weighted by atomic mass is 10.1.